The van der Waals surface area contributed by atoms with Gasteiger partial charge < -0.3 is 15.8 Å². The van der Waals surface area contributed by atoms with Crippen molar-refractivity contribution in [3.05, 3.63) is 23.8 Å². The molecule has 21 heavy (non-hydrogen) atoms. The van der Waals surface area contributed by atoms with Gasteiger partial charge in [0, 0.05) is 6.04 Å². The maximum absolute atomic E-state index is 12.1. The van der Waals surface area contributed by atoms with Crippen molar-refractivity contribution < 1.29 is 9.53 Å². The zero-order valence-electron chi connectivity index (χ0n) is 13.4. The van der Waals surface area contributed by atoms with E-state index in [1.807, 2.05) is 6.07 Å². The van der Waals surface area contributed by atoms with Crippen LogP contribution in [0.4, 0.5) is 11.4 Å². The van der Waals surface area contributed by atoms with Gasteiger partial charge in [-0.1, -0.05) is 39.2 Å². The second kappa shape index (κ2) is 9.27. The van der Waals surface area contributed by atoms with E-state index in [2.05, 4.69) is 19.2 Å². The van der Waals surface area contributed by atoms with Gasteiger partial charge >= 0.3 is 5.97 Å². The molecule has 118 valence electrons. The average Bonchev–Trinajstić information content (AvgIpc) is 2.47. The summed E-state index contributed by atoms with van der Waals surface area (Å²) >= 11 is 0. The molecule has 0 amide bonds. The Morgan fingerprint density at radius 1 is 1.24 bits per heavy atom. The van der Waals surface area contributed by atoms with E-state index in [4.69, 9.17) is 10.5 Å². The van der Waals surface area contributed by atoms with Gasteiger partial charge in [0.15, 0.2) is 0 Å². The molecule has 0 aliphatic carbocycles. The van der Waals surface area contributed by atoms with Crippen molar-refractivity contribution in [3.8, 4) is 0 Å². The first-order valence-electron chi connectivity index (χ1n) is 7.96. The summed E-state index contributed by atoms with van der Waals surface area (Å²) in [5, 5.41) is 3.47. The number of nitrogens with one attached hydrogen (secondary N) is 1. The normalized spacial score (nSPS) is 12.0. The van der Waals surface area contributed by atoms with Crippen molar-refractivity contribution in [2.24, 2.45) is 0 Å². The van der Waals surface area contributed by atoms with Crippen LogP contribution in [0.15, 0.2) is 18.2 Å². The summed E-state index contributed by atoms with van der Waals surface area (Å²) in [6.07, 6.45) is 5.58. The molecule has 3 N–H and O–H groups in total. The highest BCUT2D eigenvalue weighted by atomic mass is 16.5. The quantitative estimate of drug-likeness (QED) is 0.528. The lowest BCUT2D eigenvalue weighted by atomic mass is 10.0. The number of anilines is 2. The Hall–Kier alpha value is -1.71. The van der Waals surface area contributed by atoms with Gasteiger partial charge in [-0.2, -0.15) is 0 Å². The van der Waals surface area contributed by atoms with E-state index in [0.717, 1.165) is 25.7 Å². The number of carbonyl (C=O) groups excluding carboxylic acids is 1. The molecule has 0 spiro atoms. The van der Waals surface area contributed by atoms with Crippen LogP contribution in [0.25, 0.3) is 0 Å². The van der Waals surface area contributed by atoms with Crippen LogP contribution in [-0.4, -0.2) is 18.6 Å². The Morgan fingerprint density at radius 2 is 2.00 bits per heavy atom. The summed E-state index contributed by atoms with van der Waals surface area (Å²) in [6, 6.07) is 5.70. The van der Waals surface area contributed by atoms with E-state index in [0.29, 0.717) is 29.6 Å². The summed E-state index contributed by atoms with van der Waals surface area (Å²) in [5.41, 5.74) is 7.89. The van der Waals surface area contributed by atoms with Crippen LogP contribution in [0.1, 0.15) is 63.2 Å². The Kier molecular flexibility index (Phi) is 7.65. The lowest BCUT2D eigenvalue weighted by molar-refractivity contribution is 0.0527. The lowest BCUT2D eigenvalue weighted by Crippen LogP contribution is -2.22. The van der Waals surface area contributed by atoms with Crippen LogP contribution in [0.5, 0.6) is 0 Å². The molecule has 0 aromatic heterocycles. The van der Waals surface area contributed by atoms with Crippen molar-refractivity contribution >= 4 is 17.3 Å². The summed E-state index contributed by atoms with van der Waals surface area (Å²) in [5.74, 6) is -0.321. The zero-order valence-corrected chi connectivity index (χ0v) is 13.4. The fraction of sp³-hybridized carbons (Fsp3) is 0.588. The van der Waals surface area contributed by atoms with Gasteiger partial charge in [0.1, 0.15) is 0 Å². The SMILES string of the molecule is CCCCC(CCC)Nc1c(N)cccc1C(=O)OCC. The molecule has 1 aromatic carbocycles. The molecule has 0 saturated heterocycles. The monoisotopic (exact) mass is 292 g/mol. The highest BCUT2D eigenvalue weighted by Gasteiger charge is 2.17. The van der Waals surface area contributed by atoms with Crippen molar-refractivity contribution in [2.45, 2.75) is 58.9 Å². The highest BCUT2D eigenvalue weighted by Crippen LogP contribution is 2.27. The van der Waals surface area contributed by atoms with E-state index < -0.39 is 0 Å². The number of nitrogen functional groups attached to an aromatic ring is 1. The summed E-state index contributed by atoms with van der Waals surface area (Å²) in [7, 11) is 0. The van der Waals surface area contributed by atoms with E-state index in [1.165, 1.54) is 6.42 Å². The lowest BCUT2D eigenvalue weighted by Gasteiger charge is -2.22. The highest BCUT2D eigenvalue weighted by molar-refractivity contribution is 5.98. The summed E-state index contributed by atoms with van der Waals surface area (Å²) < 4.78 is 5.11. The van der Waals surface area contributed by atoms with Crippen LogP contribution in [0, 0.1) is 0 Å². The van der Waals surface area contributed by atoms with Crippen molar-refractivity contribution in [3.63, 3.8) is 0 Å². The minimum absolute atomic E-state index is 0.321. The number of hydrogen-bond acceptors (Lipinski definition) is 4. The number of hydrogen-bond donors (Lipinski definition) is 2. The predicted molar refractivity (Wildman–Crippen MR) is 88.7 cm³/mol. The van der Waals surface area contributed by atoms with E-state index >= 15 is 0 Å². The van der Waals surface area contributed by atoms with Gasteiger partial charge in [-0.05, 0) is 31.9 Å². The predicted octanol–water partition coefficient (Wildman–Crippen LogP) is 4.22. The molecule has 1 rings (SSSR count). The second-order valence-electron chi connectivity index (χ2n) is 5.26. The second-order valence-corrected chi connectivity index (χ2v) is 5.26. The number of carbonyl (C=O) groups is 1. The van der Waals surface area contributed by atoms with Crippen LogP contribution in [0.3, 0.4) is 0 Å². The number of esters is 1. The van der Waals surface area contributed by atoms with Crippen LogP contribution in [-0.2, 0) is 4.74 Å². The third kappa shape index (κ3) is 5.29. The third-order valence-corrected chi connectivity index (χ3v) is 3.48. The fourth-order valence-electron chi connectivity index (χ4n) is 2.40. The molecule has 4 nitrogen and oxygen atoms in total. The zero-order chi connectivity index (χ0) is 15.7. The molecule has 1 unspecified atom stereocenters. The Balaban J connectivity index is 2.95. The maximum atomic E-state index is 12.1. The molecule has 0 fully saturated rings. The maximum Gasteiger partial charge on any atom is 0.340 e. The van der Waals surface area contributed by atoms with Crippen molar-refractivity contribution in [1.82, 2.24) is 0 Å². The van der Waals surface area contributed by atoms with E-state index in [9.17, 15) is 4.79 Å². The van der Waals surface area contributed by atoms with Crippen molar-refractivity contribution in [1.29, 1.82) is 0 Å². The number of nitrogens with two attached hydrogens (primary N) is 1. The first-order valence-corrected chi connectivity index (χ1v) is 7.96. The van der Waals surface area contributed by atoms with Crippen LogP contribution in [0.2, 0.25) is 0 Å². The molecule has 0 saturated carbocycles. The van der Waals surface area contributed by atoms with E-state index in [-0.39, 0.29) is 5.97 Å². The third-order valence-electron chi connectivity index (χ3n) is 3.48. The number of benzene rings is 1. The molecule has 0 bridgehead atoms. The topological polar surface area (TPSA) is 64.3 Å². The fourth-order valence-corrected chi connectivity index (χ4v) is 2.40. The molecular formula is C17H28N2O2. The molecular weight excluding hydrogens is 264 g/mol. The van der Waals surface area contributed by atoms with Crippen LogP contribution < -0.4 is 11.1 Å². The first kappa shape index (κ1) is 17.3. The number of ether oxygens (including phenoxy) is 1. The van der Waals surface area contributed by atoms with Gasteiger partial charge in [0.2, 0.25) is 0 Å². The largest absolute Gasteiger partial charge is 0.462 e. The number of unbranched alkanes of at least 4 members (excludes halogenated alkanes) is 1. The minimum Gasteiger partial charge on any atom is -0.462 e. The van der Waals surface area contributed by atoms with Gasteiger partial charge in [-0.25, -0.2) is 4.79 Å². The van der Waals surface area contributed by atoms with Gasteiger partial charge in [0.25, 0.3) is 0 Å². The number of rotatable bonds is 9. The van der Waals surface area contributed by atoms with Gasteiger partial charge in [-0.15, -0.1) is 0 Å². The Labute approximate surface area is 128 Å². The molecule has 0 aliphatic heterocycles. The molecule has 1 atom stereocenters. The molecule has 1 aromatic rings. The van der Waals surface area contributed by atoms with E-state index in [1.54, 1.807) is 19.1 Å². The standard InChI is InChI=1S/C17H28N2O2/c1-4-7-10-13(9-5-2)19-16-14(17(20)21-6-3)11-8-12-15(16)18/h8,11-13,19H,4-7,9-10,18H2,1-3H3. The summed E-state index contributed by atoms with van der Waals surface area (Å²) in [6.45, 7) is 6.52. The van der Waals surface area contributed by atoms with Crippen molar-refractivity contribution in [2.75, 3.05) is 17.7 Å². The average molecular weight is 292 g/mol. The minimum atomic E-state index is -0.321. The summed E-state index contributed by atoms with van der Waals surface area (Å²) in [4.78, 5) is 12.1. The molecule has 4 heteroatoms. The number of para-hydroxylation sites is 1. The molecule has 0 heterocycles. The van der Waals surface area contributed by atoms with Crippen LogP contribution >= 0.6 is 0 Å². The van der Waals surface area contributed by atoms with Gasteiger partial charge in [0.05, 0.1) is 23.5 Å². The van der Waals surface area contributed by atoms with Gasteiger partial charge in [-0.3, -0.25) is 0 Å². The Morgan fingerprint density at radius 3 is 2.62 bits per heavy atom. The Bertz CT molecular complexity index is 446. The molecule has 0 radical (unpaired) electrons. The smallest absolute Gasteiger partial charge is 0.340 e. The first-order chi connectivity index (χ1) is 10.1. The molecule has 0 aliphatic rings.